The summed E-state index contributed by atoms with van der Waals surface area (Å²) in [5, 5.41) is 21.2. The number of halogens is 5. The number of amides is 1. The summed E-state index contributed by atoms with van der Waals surface area (Å²) < 4.78 is 73.8. The molecule has 2 N–H and O–H groups in total. The van der Waals surface area contributed by atoms with Crippen LogP contribution in [0.2, 0.25) is 0 Å². The Bertz CT molecular complexity index is 1410. The molecule has 3 heterocycles. The van der Waals surface area contributed by atoms with E-state index >= 15 is 4.39 Å². The summed E-state index contributed by atoms with van der Waals surface area (Å²) in [6.45, 7) is 2.54. The van der Waals surface area contributed by atoms with Crippen LogP contribution in [0.4, 0.5) is 32.4 Å². The van der Waals surface area contributed by atoms with Crippen molar-refractivity contribution in [2.45, 2.75) is 56.3 Å². The van der Waals surface area contributed by atoms with Gasteiger partial charge in [-0.2, -0.15) is 5.26 Å². The Kier molecular flexibility index (Phi) is 8.94. The van der Waals surface area contributed by atoms with Crippen molar-refractivity contribution in [1.82, 2.24) is 15.1 Å². The first-order valence-electron chi connectivity index (χ1n) is 15.8. The van der Waals surface area contributed by atoms with E-state index in [-0.39, 0.29) is 60.7 Å². The van der Waals surface area contributed by atoms with E-state index in [2.05, 4.69) is 10.2 Å². The summed E-state index contributed by atoms with van der Waals surface area (Å²) in [5.74, 6) is -3.02. The lowest BCUT2D eigenvalue weighted by Crippen LogP contribution is -2.64. The van der Waals surface area contributed by atoms with Gasteiger partial charge in [0.05, 0.1) is 24.7 Å². The fourth-order valence-corrected chi connectivity index (χ4v) is 8.39. The molecule has 0 aromatic heterocycles. The van der Waals surface area contributed by atoms with Crippen molar-refractivity contribution in [2.75, 3.05) is 50.7 Å². The van der Waals surface area contributed by atoms with Crippen LogP contribution in [0.15, 0.2) is 30.3 Å². The number of nitrogens with one attached hydrogen (secondary N) is 1. The number of carbonyl (C=O) groups is 1. The van der Waals surface area contributed by atoms with Gasteiger partial charge in [0.25, 0.3) is 0 Å². The monoisotopic (exact) mass is 631 g/mol. The number of benzene rings is 2. The molecule has 242 valence electrons. The molecular weight excluding hydrogens is 593 g/mol. The minimum atomic E-state index is -1.65. The number of carboxylic acid groups (broad SMARTS) is 1. The van der Waals surface area contributed by atoms with E-state index in [1.54, 1.807) is 6.07 Å². The van der Waals surface area contributed by atoms with Gasteiger partial charge in [-0.15, -0.1) is 0 Å². The van der Waals surface area contributed by atoms with Gasteiger partial charge in [0.2, 0.25) is 0 Å². The van der Waals surface area contributed by atoms with Crippen LogP contribution >= 0.6 is 0 Å². The molecule has 0 bridgehead atoms. The highest BCUT2D eigenvalue weighted by molar-refractivity contribution is 5.65. The molecule has 4 atom stereocenters. The lowest BCUT2D eigenvalue weighted by atomic mass is 9.68. The van der Waals surface area contributed by atoms with Crippen LogP contribution in [0.1, 0.15) is 55.7 Å². The summed E-state index contributed by atoms with van der Waals surface area (Å²) in [7, 11) is 0. The molecule has 2 aromatic carbocycles. The highest BCUT2D eigenvalue weighted by atomic mass is 19.2. The van der Waals surface area contributed by atoms with Crippen molar-refractivity contribution < 1.29 is 31.9 Å². The highest BCUT2D eigenvalue weighted by Gasteiger charge is 2.49. The number of anilines is 1. The first-order chi connectivity index (χ1) is 21.5. The standard InChI is InChI=1S/C33H38F5N5O2/c34-23-13-22(14-24(35)15-23)30(42-7-2-8-42)29(25-3-1-4-28(25)40-32(44)45)21-5-9-41(10-6-21)17-33(38)18-43(19-33)31-26(36)11-20(16-39)12-27(31)37/h11-15,21,25,28-30,40H,1-10,17-19H2,(H,44,45)/t25-,28-,29-,30+/m0/s1. The highest BCUT2D eigenvalue weighted by Crippen LogP contribution is 2.49. The molecule has 45 heavy (non-hydrogen) atoms. The van der Waals surface area contributed by atoms with Gasteiger partial charge >= 0.3 is 6.09 Å². The minimum absolute atomic E-state index is 0.0144. The van der Waals surface area contributed by atoms with Crippen LogP contribution in [0.25, 0.3) is 0 Å². The number of hydrogen-bond donors (Lipinski definition) is 2. The fourth-order valence-electron chi connectivity index (χ4n) is 8.39. The van der Waals surface area contributed by atoms with Gasteiger partial charge < -0.3 is 15.3 Å². The molecule has 1 amide bonds. The number of likely N-dealkylation sites (tertiary alicyclic amines) is 2. The van der Waals surface area contributed by atoms with Crippen molar-refractivity contribution in [1.29, 1.82) is 5.26 Å². The quantitative estimate of drug-likeness (QED) is 0.338. The van der Waals surface area contributed by atoms with Gasteiger partial charge in [0, 0.05) is 24.7 Å². The zero-order valence-corrected chi connectivity index (χ0v) is 25.0. The lowest BCUT2D eigenvalue weighted by molar-refractivity contribution is -0.00969. The van der Waals surface area contributed by atoms with Crippen molar-refractivity contribution in [3.8, 4) is 6.07 Å². The molecule has 1 saturated carbocycles. The molecular formula is C33H38F5N5O2. The Hall–Kier alpha value is -3.43. The summed E-state index contributed by atoms with van der Waals surface area (Å²) in [4.78, 5) is 17.3. The number of alkyl halides is 1. The third kappa shape index (κ3) is 6.61. The molecule has 3 aliphatic heterocycles. The molecule has 12 heteroatoms. The number of nitriles is 1. The first-order valence-corrected chi connectivity index (χ1v) is 15.8. The molecule has 0 spiro atoms. The summed E-state index contributed by atoms with van der Waals surface area (Å²) in [6.07, 6.45) is 3.69. The lowest BCUT2D eigenvalue weighted by Gasteiger charge is -2.51. The maximum absolute atomic E-state index is 15.8. The van der Waals surface area contributed by atoms with E-state index in [9.17, 15) is 27.5 Å². The number of nitrogens with zero attached hydrogens (tertiary/aromatic N) is 4. The number of rotatable bonds is 9. The number of hydrogen-bond acceptors (Lipinski definition) is 5. The molecule has 6 rings (SSSR count). The largest absolute Gasteiger partial charge is 0.465 e. The second kappa shape index (κ2) is 12.8. The normalized spacial score (nSPS) is 25.2. The van der Waals surface area contributed by atoms with E-state index in [1.165, 1.54) is 17.0 Å². The molecule has 1 aliphatic carbocycles. The van der Waals surface area contributed by atoms with Gasteiger partial charge in [-0.3, -0.25) is 9.80 Å². The van der Waals surface area contributed by atoms with Crippen LogP contribution in [0.3, 0.4) is 0 Å². The van der Waals surface area contributed by atoms with Crippen molar-refractivity contribution in [3.05, 3.63) is 64.7 Å². The average molecular weight is 632 g/mol. The van der Waals surface area contributed by atoms with Crippen LogP contribution in [-0.4, -0.2) is 78.5 Å². The second-order valence-electron chi connectivity index (χ2n) is 13.3. The molecule has 4 aliphatic rings. The number of piperidine rings is 1. The Balaban J connectivity index is 1.17. The van der Waals surface area contributed by atoms with E-state index in [0.717, 1.165) is 50.6 Å². The molecule has 0 radical (unpaired) electrons. The van der Waals surface area contributed by atoms with Gasteiger partial charge in [-0.1, -0.05) is 6.42 Å². The third-order valence-electron chi connectivity index (χ3n) is 10.3. The minimum Gasteiger partial charge on any atom is -0.465 e. The van der Waals surface area contributed by atoms with E-state index in [4.69, 9.17) is 5.26 Å². The summed E-state index contributed by atoms with van der Waals surface area (Å²) in [5.41, 5.74) is -1.54. The zero-order valence-electron chi connectivity index (χ0n) is 25.0. The Labute approximate surface area is 259 Å². The second-order valence-corrected chi connectivity index (χ2v) is 13.3. The van der Waals surface area contributed by atoms with E-state index < -0.39 is 35.0 Å². The third-order valence-corrected chi connectivity index (χ3v) is 10.3. The van der Waals surface area contributed by atoms with E-state index in [0.29, 0.717) is 37.9 Å². The predicted molar refractivity (Wildman–Crippen MR) is 157 cm³/mol. The molecule has 3 saturated heterocycles. The SMILES string of the molecule is N#Cc1cc(F)c(N2CC(F)(CN3CCC([C@@H]([C@H]4CCC[C@@H]4NC(=O)O)[C@@H](c4cc(F)cc(F)c4)N4CCC4)CC3)C2)c(F)c1. The van der Waals surface area contributed by atoms with Crippen LogP contribution in [0.5, 0.6) is 0 Å². The topological polar surface area (TPSA) is 82.8 Å². The fraction of sp³-hybridized carbons (Fsp3) is 0.576. The maximum atomic E-state index is 15.8. The molecule has 2 aromatic rings. The van der Waals surface area contributed by atoms with Gasteiger partial charge in [-0.25, -0.2) is 26.7 Å². The van der Waals surface area contributed by atoms with Gasteiger partial charge in [0.1, 0.15) is 17.3 Å². The smallest absolute Gasteiger partial charge is 0.404 e. The molecule has 4 fully saturated rings. The Morgan fingerprint density at radius 1 is 0.956 bits per heavy atom. The molecule has 0 unspecified atom stereocenters. The summed E-state index contributed by atoms with van der Waals surface area (Å²) >= 11 is 0. The van der Waals surface area contributed by atoms with Crippen LogP contribution in [0, 0.1) is 52.4 Å². The Morgan fingerprint density at radius 3 is 2.16 bits per heavy atom. The average Bonchev–Trinajstić information content (AvgIpc) is 3.37. The zero-order chi connectivity index (χ0) is 31.9. The summed E-state index contributed by atoms with van der Waals surface area (Å²) in [6, 6.07) is 6.75. The van der Waals surface area contributed by atoms with Crippen LogP contribution < -0.4 is 10.2 Å². The first kappa shape index (κ1) is 31.5. The van der Waals surface area contributed by atoms with Crippen molar-refractivity contribution >= 4 is 11.8 Å². The maximum Gasteiger partial charge on any atom is 0.404 e. The molecule has 7 nitrogen and oxygen atoms in total. The predicted octanol–water partition coefficient (Wildman–Crippen LogP) is 5.85. The van der Waals surface area contributed by atoms with Gasteiger partial charge in [0.15, 0.2) is 17.3 Å². The van der Waals surface area contributed by atoms with Crippen molar-refractivity contribution in [3.63, 3.8) is 0 Å². The van der Waals surface area contributed by atoms with E-state index in [1.807, 2.05) is 4.90 Å². The Morgan fingerprint density at radius 2 is 1.60 bits per heavy atom. The van der Waals surface area contributed by atoms with Crippen LogP contribution in [-0.2, 0) is 0 Å². The van der Waals surface area contributed by atoms with Crippen molar-refractivity contribution in [2.24, 2.45) is 17.8 Å². The van der Waals surface area contributed by atoms with Gasteiger partial charge in [-0.05, 0) is 106 Å².